The van der Waals surface area contributed by atoms with Crippen LogP contribution in [0.1, 0.15) is 265 Å². The van der Waals surface area contributed by atoms with Crippen LogP contribution in [-0.4, -0.2) is 95.9 Å². The number of esters is 3. The van der Waals surface area contributed by atoms with Gasteiger partial charge in [0.1, 0.15) is 25.4 Å². The number of rotatable bonds is 60. The van der Waals surface area contributed by atoms with Crippen molar-refractivity contribution in [2.24, 2.45) is 0 Å². The number of phosphoric ester groups is 2. The molecular weight excluding hydrogens is 1070 g/mol. The zero-order valence-electron chi connectivity index (χ0n) is 50.7. The molecule has 18 heteroatoms. The second-order valence-electron chi connectivity index (χ2n) is 21.2. The van der Waals surface area contributed by atoms with E-state index in [9.17, 15) is 43.5 Å². The van der Waals surface area contributed by atoms with E-state index < -0.39 is 91.5 Å². The lowest BCUT2D eigenvalue weighted by Gasteiger charge is -2.21. The molecule has 0 radical (unpaired) electrons. The van der Waals surface area contributed by atoms with Gasteiger partial charge in [0.15, 0.2) is 6.10 Å². The third-order valence-corrected chi connectivity index (χ3v) is 15.1. The van der Waals surface area contributed by atoms with E-state index in [2.05, 4.69) is 81.5 Å². The van der Waals surface area contributed by atoms with Gasteiger partial charge in [-0.15, -0.1) is 0 Å². The molecule has 0 spiro atoms. The first-order chi connectivity index (χ1) is 39.2. The van der Waals surface area contributed by atoms with E-state index in [4.69, 9.17) is 32.3 Å². The summed E-state index contributed by atoms with van der Waals surface area (Å²) in [5, 5.41) is 20.5. The Hall–Kier alpha value is -2.75. The summed E-state index contributed by atoms with van der Waals surface area (Å²) in [6, 6.07) is 0. The molecule has 0 saturated heterocycles. The average molecular weight is 1190 g/mol. The lowest BCUT2D eigenvalue weighted by Crippen LogP contribution is -2.30. The molecule has 0 heterocycles. The number of allylic oxidation sites excluding steroid dienone is 10. The van der Waals surface area contributed by atoms with Crippen molar-refractivity contribution >= 4 is 33.6 Å². The highest BCUT2D eigenvalue weighted by Crippen LogP contribution is 2.45. The Morgan fingerprint density at radius 1 is 0.346 bits per heavy atom. The number of ether oxygens (including phenoxy) is 3. The summed E-state index contributed by atoms with van der Waals surface area (Å²) < 4.78 is 60.7. The third-order valence-electron chi connectivity index (χ3n) is 13.2. The molecule has 0 rings (SSSR count). The molecule has 0 aliphatic heterocycles. The van der Waals surface area contributed by atoms with Crippen LogP contribution >= 0.6 is 15.6 Å². The van der Waals surface area contributed by atoms with Gasteiger partial charge < -0.3 is 34.2 Å². The zero-order valence-corrected chi connectivity index (χ0v) is 52.5. The van der Waals surface area contributed by atoms with Gasteiger partial charge in [-0.1, -0.05) is 223 Å². The second-order valence-corrected chi connectivity index (χ2v) is 24.1. The van der Waals surface area contributed by atoms with Crippen LogP contribution < -0.4 is 0 Å². The van der Waals surface area contributed by atoms with Crippen molar-refractivity contribution < 1.29 is 75.8 Å². The molecule has 0 amide bonds. The Balaban J connectivity index is 4.62. The zero-order chi connectivity index (χ0) is 59.6. The van der Waals surface area contributed by atoms with E-state index in [0.29, 0.717) is 19.3 Å². The van der Waals surface area contributed by atoms with Crippen LogP contribution in [0.5, 0.6) is 0 Å². The Bertz CT molecular complexity index is 1730. The average Bonchev–Trinajstić information content (AvgIpc) is 3.44. The number of unbranched alkanes of at least 4 members (excludes halogenated alkanes) is 27. The molecule has 0 fully saturated rings. The van der Waals surface area contributed by atoms with E-state index in [1.165, 1.54) is 77.0 Å². The van der Waals surface area contributed by atoms with Gasteiger partial charge >= 0.3 is 33.6 Å². The Morgan fingerprint density at radius 2 is 0.642 bits per heavy atom. The molecule has 0 aliphatic rings. The summed E-state index contributed by atoms with van der Waals surface area (Å²) >= 11 is 0. The number of aliphatic hydroxyl groups excluding tert-OH is 2. The largest absolute Gasteiger partial charge is 0.472 e. The summed E-state index contributed by atoms with van der Waals surface area (Å²) in [6.45, 7) is 2.55. The molecular formula is C63H114O16P2. The fourth-order valence-electron chi connectivity index (χ4n) is 8.32. The summed E-state index contributed by atoms with van der Waals surface area (Å²) in [7, 11) is -9.76. The van der Waals surface area contributed by atoms with Gasteiger partial charge in [-0.05, 0) is 83.5 Å². The van der Waals surface area contributed by atoms with E-state index in [1.54, 1.807) is 0 Å². The smallest absolute Gasteiger partial charge is 0.463 e. The molecule has 0 aromatic heterocycles. The first kappa shape index (κ1) is 78.2. The molecule has 0 aliphatic carbocycles. The maximum absolute atomic E-state index is 12.9. The minimum Gasteiger partial charge on any atom is -0.463 e. The molecule has 472 valence electrons. The number of aliphatic hydroxyl groups is 2. The van der Waals surface area contributed by atoms with Gasteiger partial charge in [-0.3, -0.25) is 32.5 Å². The summed E-state index contributed by atoms with van der Waals surface area (Å²) in [5.41, 5.74) is 0. The van der Waals surface area contributed by atoms with Crippen LogP contribution in [0, 0.1) is 0 Å². The lowest BCUT2D eigenvalue weighted by atomic mass is 10.0. The molecule has 0 aromatic rings. The van der Waals surface area contributed by atoms with Crippen molar-refractivity contribution in [1.29, 1.82) is 0 Å². The molecule has 5 unspecified atom stereocenters. The van der Waals surface area contributed by atoms with Crippen molar-refractivity contribution in [1.82, 2.24) is 0 Å². The van der Waals surface area contributed by atoms with Gasteiger partial charge in [0, 0.05) is 19.3 Å². The first-order valence-corrected chi connectivity index (χ1v) is 34.6. The van der Waals surface area contributed by atoms with Crippen molar-refractivity contribution in [2.75, 3.05) is 39.6 Å². The van der Waals surface area contributed by atoms with Crippen LogP contribution in [0.3, 0.4) is 0 Å². The van der Waals surface area contributed by atoms with Crippen LogP contribution in [0.25, 0.3) is 0 Å². The molecule has 0 saturated carbocycles. The molecule has 0 bridgehead atoms. The molecule has 16 nitrogen and oxygen atoms in total. The van der Waals surface area contributed by atoms with E-state index >= 15 is 0 Å². The van der Waals surface area contributed by atoms with E-state index in [-0.39, 0.29) is 19.3 Å². The van der Waals surface area contributed by atoms with Gasteiger partial charge in [0.25, 0.3) is 0 Å². The molecule has 81 heavy (non-hydrogen) atoms. The lowest BCUT2D eigenvalue weighted by molar-refractivity contribution is -0.161. The van der Waals surface area contributed by atoms with Gasteiger partial charge in [-0.25, -0.2) is 9.13 Å². The highest BCUT2D eigenvalue weighted by molar-refractivity contribution is 7.47. The minimum atomic E-state index is -4.91. The third kappa shape index (κ3) is 58.8. The minimum absolute atomic E-state index is 0.106. The van der Waals surface area contributed by atoms with Crippen LogP contribution in [0.4, 0.5) is 0 Å². The standard InChI is InChI=1S/C63H114O16P2/c1-4-7-10-13-16-19-22-25-26-27-28-29-30-33-35-37-40-43-46-49-61(66)73-52-58(64)53-75-80(69,70)76-54-59(65)55-77-81(71,72)78-57-60(79-63(68)51-48-45-42-39-36-32-24-21-18-15-12-9-6-3)56-74-62(67)50-47-44-41-38-34-31-23-20-17-14-11-8-5-2/h11,14,16,19-20,23,25-26,28-29,58-60,64-65H,4-10,12-13,15,17-18,21-22,24,27,30-57H2,1-3H3,(H,69,70)(H,71,72)/b14-11-,19-16-,23-20-,26-25-,29-28-. The fraction of sp³-hybridized carbons (Fsp3) is 0.794. The Kier molecular flexibility index (Phi) is 55.7. The molecule has 4 N–H and O–H groups in total. The predicted molar refractivity (Wildman–Crippen MR) is 325 cm³/mol. The summed E-state index contributed by atoms with van der Waals surface area (Å²) in [6.07, 6.45) is 55.7. The second kappa shape index (κ2) is 57.7. The fourth-order valence-corrected chi connectivity index (χ4v) is 9.91. The normalized spacial score (nSPS) is 14.8. The number of phosphoric acid groups is 2. The highest BCUT2D eigenvalue weighted by Gasteiger charge is 2.29. The van der Waals surface area contributed by atoms with E-state index in [0.717, 1.165) is 128 Å². The topological polar surface area (TPSA) is 231 Å². The predicted octanol–water partition coefficient (Wildman–Crippen LogP) is 16.6. The van der Waals surface area contributed by atoms with Crippen LogP contribution in [-0.2, 0) is 55.8 Å². The van der Waals surface area contributed by atoms with E-state index in [1.807, 2.05) is 0 Å². The number of hydrogen-bond donors (Lipinski definition) is 4. The maximum Gasteiger partial charge on any atom is 0.472 e. The first-order valence-electron chi connectivity index (χ1n) is 31.6. The van der Waals surface area contributed by atoms with Crippen molar-refractivity contribution in [3.05, 3.63) is 60.8 Å². The number of hydrogen-bond acceptors (Lipinski definition) is 14. The monoisotopic (exact) mass is 1190 g/mol. The van der Waals surface area contributed by atoms with Crippen molar-refractivity contribution in [3.8, 4) is 0 Å². The quantitative estimate of drug-likeness (QED) is 0.0146. The van der Waals surface area contributed by atoms with Crippen molar-refractivity contribution in [3.63, 3.8) is 0 Å². The highest BCUT2D eigenvalue weighted by atomic mass is 31.2. The summed E-state index contributed by atoms with van der Waals surface area (Å²) in [5.74, 6) is -1.59. The van der Waals surface area contributed by atoms with Crippen LogP contribution in [0.2, 0.25) is 0 Å². The Morgan fingerprint density at radius 3 is 1.05 bits per heavy atom. The maximum atomic E-state index is 12.9. The van der Waals surface area contributed by atoms with Gasteiger partial charge in [-0.2, -0.15) is 0 Å². The SMILES string of the molecule is CCC/C=C\C/C=C\CCCCCCCC(=O)OCC(COP(=O)(O)OCC(O)COP(=O)(O)OCC(O)COC(=O)CCCCCCCC/C=C\C/C=C\C/C=C\CCCCC)OC(=O)CCCCCCCCCCCCCCC. The summed E-state index contributed by atoms with van der Waals surface area (Å²) in [4.78, 5) is 58.1. The Labute approximate surface area is 490 Å². The van der Waals surface area contributed by atoms with Gasteiger partial charge in [0.05, 0.1) is 26.4 Å². The van der Waals surface area contributed by atoms with Crippen molar-refractivity contribution in [2.45, 2.75) is 283 Å². The van der Waals surface area contributed by atoms with Crippen LogP contribution in [0.15, 0.2) is 60.8 Å². The molecule has 5 atom stereocenters. The number of carbonyl (C=O) groups excluding carboxylic acids is 3. The number of carbonyl (C=O) groups is 3. The molecule has 0 aromatic carbocycles. The van der Waals surface area contributed by atoms with Gasteiger partial charge in [0.2, 0.25) is 0 Å².